The Labute approximate surface area is 147 Å². The maximum Gasteiger partial charge on any atom is 0.321 e. The van der Waals surface area contributed by atoms with Crippen LogP contribution in [-0.2, 0) is 11.2 Å². The Morgan fingerprint density at radius 1 is 0.800 bits per heavy atom. The van der Waals surface area contributed by atoms with Crippen LogP contribution in [0.1, 0.15) is 17.0 Å². The number of benzene rings is 3. The highest BCUT2D eigenvalue weighted by molar-refractivity contribution is 5.75. The Morgan fingerprint density at radius 3 is 1.88 bits per heavy atom. The lowest BCUT2D eigenvalue weighted by Gasteiger charge is -2.22. The van der Waals surface area contributed by atoms with Crippen LogP contribution in [0.3, 0.4) is 0 Å². The van der Waals surface area contributed by atoms with E-state index in [1.165, 1.54) is 0 Å². The van der Waals surface area contributed by atoms with Crippen molar-refractivity contribution in [3.8, 4) is 11.1 Å². The van der Waals surface area contributed by atoms with Gasteiger partial charge in [-0.05, 0) is 28.7 Å². The van der Waals surface area contributed by atoms with Crippen molar-refractivity contribution < 1.29 is 9.90 Å². The first-order valence-corrected chi connectivity index (χ1v) is 8.33. The molecular weight excluding hydrogens is 310 g/mol. The van der Waals surface area contributed by atoms with Crippen molar-refractivity contribution in [3.05, 3.63) is 96.1 Å². The molecule has 0 bridgehead atoms. The molecular formula is C22H21NO2. The van der Waals surface area contributed by atoms with Gasteiger partial charge in [-0.2, -0.15) is 0 Å². The molecule has 0 amide bonds. The number of carboxylic acids is 1. The minimum Gasteiger partial charge on any atom is -0.480 e. The SMILES string of the molecule is N[C@H](C(=O)O)C(Cc1ccccc1)c1ccc(-c2ccccc2)cc1. The number of aliphatic carboxylic acids is 1. The van der Waals surface area contributed by atoms with Crippen LogP contribution in [0.5, 0.6) is 0 Å². The fourth-order valence-corrected chi connectivity index (χ4v) is 3.05. The molecule has 25 heavy (non-hydrogen) atoms. The van der Waals surface area contributed by atoms with Crippen LogP contribution in [0.15, 0.2) is 84.9 Å². The topological polar surface area (TPSA) is 63.3 Å². The second-order valence-corrected chi connectivity index (χ2v) is 6.15. The first-order chi connectivity index (χ1) is 12.1. The van der Waals surface area contributed by atoms with Gasteiger partial charge < -0.3 is 10.8 Å². The van der Waals surface area contributed by atoms with Crippen LogP contribution >= 0.6 is 0 Å². The third-order valence-electron chi connectivity index (χ3n) is 4.46. The normalized spacial score (nSPS) is 13.2. The molecule has 3 aromatic carbocycles. The van der Waals surface area contributed by atoms with Gasteiger partial charge in [0.25, 0.3) is 0 Å². The Kier molecular flexibility index (Phi) is 5.26. The van der Waals surface area contributed by atoms with Crippen molar-refractivity contribution in [1.82, 2.24) is 0 Å². The van der Waals surface area contributed by atoms with E-state index < -0.39 is 12.0 Å². The summed E-state index contributed by atoms with van der Waals surface area (Å²) in [7, 11) is 0. The van der Waals surface area contributed by atoms with Gasteiger partial charge in [-0.15, -0.1) is 0 Å². The Bertz CT molecular complexity index is 814. The predicted octanol–water partition coefficient (Wildman–Crippen LogP) is 4.09. The number of hydrogen-bond donors (Lipinski definition) is 2. The molecule has 3 aromatic rings. The van der Waals surface area contributed by atoms with Crippen molar-refractivity contribution in [2.45, 2.75) is 18.4 Å². The van der Waals surface area contributed by atoms with E-state index in [0.717, 1.165) is 22.3 Å². The Balaban J connectivity index is 1.89. The summed E-state index contributed by atoms with van der Waals surface area (Å²) in [5.41, 5.74) is 10.3. The largest absolute Gasteiger partial charge is 0.480 e. The molecule has 3 heteroatoms. The zero-order valence-electron chi connectivity index (χ0n) is 13.9. The Hall–Kier alpha value is -2.91. The number of hydrogen-bond acceptors (Lipinski definition) is 2. The summed E-state index contributed by atoms with van der Waals surface area (Å²) in [4.78, 5) is 11.5. The highest BCUT2D eigenvalue weighted by Crippen LogP contribution is 2.27. The van der Waals surface area contributed by atoms with Crippen molar-refractivity contribution in [2.75, 3.05) is 0 Å². The Morgan fingerprint density at radius 2 is 1.32 bits per heavy atom. The highest BCUT2D eigenvalue weighted by Gasteiger charge is 2.26. The van der Waals surface area contributed by atoms with E-state index in [-0.39, 0.29) is 5.92 Å². The summed E-state index contributed by atoms with van der Waals surface area (Å²) >= 11 is 0. The molecule has 0 fully saturated rings. The zero-order chi connectivity index (χ0) is 17.6. The lowest BCUT2D eigenvalue weighted by atomic mass is 9.85. The molecule has 3 rings (SSSR count). The van der Waals surface area contributed by atoms with E-state index >= 15 is 0 Å². The van der Waals surface area contributed by atoms with Gasteiger partial charge in [-0.3, -0.25) is 4.79 Å². The molecule has 0 saturated heterocycles. The molecule has 0 aromatic heterocycles. The fraction of sp³-hybridized carbons (Fsp3) is 0.136. The number of carbonyl (C=O) groups is 1. The summed E-state index contributed by atoms with van der Waals surface area (Å²) in [6.45, 7) is 0. The molecule has 1 unspecified atom stereocenters. The molecule has 126 valence electrons. The van der Waals surface area contributed by atoms with Crippen LogP contribution in [0.4, 0.5) is 0 Å². The second-order valence-electron chi connectivity index (χ2n) is 6.15. The third-order valence-corrected chi connectivity index (χ3v) is 4.46. The van der Waals surface area contributed by atoms with Crippen molar-refractivity contribution in [2.24, 2.45) is 5.73 Å². The molecule has 3 N–H and O–H groups in total. The average molecular weight is 331 g/mol. The van der Waals surface area contributed by atoms with Gasteiger partial charge in [-0.1, -0.05) is 84.9 Å². The van der Waals surface area contributed by atoms with Crippen LogP contribution in [-0.4, -0.2) is 17.1 Å². The summed E-state index contributed by atoms with van der Waals surface area (Å²) in [6.07, 6.45) is 0.596. The molecule has 0 radical (unpaired) electrons. The number of rotatable bonds is 6. The van der Waals surface area contributed by atoms with Crippen LogP contribution in [0.2, 0.25) is 0 Å². The first-order valence-electron chi connectivity index (χ1n) is 8.33. The first kappa shape index (κ1) is 16.9. The quantitative estimate of drug-likeness (QED) is 0.715. The molecule has 0 aliphatic rings. The van der Waals surface area contributed by atoms with E-state index in [1.54, 1.807) is 0 Å². The third kappa shape index (κ3) is 4.14. The second kappa shape index (κ2) is 7.77. The minimum absolute atomic E-state index is 0.273. The summed E-state index contributed by atoms with van der Waals surface area (Å²) in [5, 5.41) is 9.40. The molecule has 3 nitrogen and oxygen atoms in total. The standard InChI is InChI=1S/C22H21NO2/c23-21(22(24)25)20(15-16-7-3-1-4-8-16)19-13-11-18(12-14-19)17-9-5-2-6-10-17/h1-14,20-21H,15,23H2,(H,24,25)/t20?,21-/m0/s1. The van der Waals surface area contributed by atoms with E-state index in [2.05, 4.69) is 12.1 Å². The van der Waals surface area contributed by atoms with Crippen molar-refractivity contribution in [3.63, 3.8) is 0 Å². The van der Waals surface area contributed by atoms with E-state index in [0.29, 0.717) is 6.42 Å². The lowest BCUT2D eigenvalue weighted by Crippen LogP contribution is -2.37. The van der Waals surface area contributed by atoms with Crippen LogP contribution in [0, 0.1) is 0 Å². The maximum absolute atomic E-state index is 11.5. The lowest BCUT2D eigenvalue weighted by molar-refractivity contribution is -0.139. The molecule has 0 aliphatic heterocycles. The predicted molar refractivity (Wildman–Crippen MR) is 100 cm³/mol. The van der Waals surface area contributed by atoms with E-state index in [4.69, 9.17) is 5.73 Å². The fourth-order valence-electron chi connectivity index (χ4n) is 3.05. The smallest absolute Gasteiger partial charge is 0.321 e. The summed E-state index contributed by atoms with van der Waals surface area (Å²) < 4.78 is 0. The maximum atomic E-state index is 11.5. The van der Waals surface area contributed by atoms with E-state index in [1.807, 2.05) is 72.8 Å². The molecule has 0 spiro atoms. The van der Waals surface area contributed by atoms with Gasteiger partial charge >= 0.3 is 5.97 Å². The molecule has 0 heterocycles. The monoisotopic (exact) mass is 331 g/mol. The molecule has 0 aliphatic carbocycles. The van der Waals surface area contributed by atoms with Gasteiger partial charge in [0, 0.05) is 5.92 Å². The van der Waals surface area contributed by atoms with Gasteiger partial charge in [0.05, 0.1) is 0 Å². The van der Waals surface area contributed by atoms with Crippen LogP contribution in [0.25, 0.3) is 11.1 Å². The number of carboxylic acid groups (broad SMARTS) is 1. The van der Waals surface area contributed by atoms with Gasteiger partial charge in [0.2, 0.25) is 0 Å². The highest BCUT2D eigenvalue weighted by atomic mass is 16.4. The van der Waals surface area contributed by atoms with Gasteiger partial charge in [0.15, 0.2) is 0 Å². The van der Waals surface area contributed by atoms with Gasteiger partial charge in [0.1, 0.15) is 6.04 Å². The molecule has 0 saturated carbocycles. The van der Waals surface area contributed by atoms with Gasteiger partial charge in [-0.25, -0.2) is 0 Å². The average Bonchev–Trinajstić information content (AvgIpc) is 2.67. The summed E-state index contributed by atoms with van der Waals surface area (Å²) in [5.74, 6) is -1.25. The zero-order valence-corrected chi connectivity index (χ0v) is 13.9. The van der Waals surface area contributed by atoms with E-state index in [9.17, 15) is 9.90 Å². The van der Waals surface area contributed by atoms with Crippen LogP contribution < -0.4 is 5.73 Å². The minimum atomic E-state index is -0.979. The van der Waals surface area contributed by atoms with Crippen molar-refractivity contribution in [1.29, 1.82) is 0 Å². The number of nitrogens with two attached hydrogens (primary N) is 1. The molecule has 2 atom stereocenters. The summed E-state index contributed by atoms with van der Waals surface area (Å²) in [6, 6.07) is 27.0. The van der Waals surface area contributed by atoms with Crippen molar-refractivity contribution >= 4 is 5.97 Å².